The maximum atomic E-state index is 12.5. The molecule has 0 bridgehead atoms. The van der Waals surface area contributed by atoms with E-state index in [2.05, 4.69) is 5.32 Å². The quantitative estimate of drug-likeness (QED) is 0.755. The number of hydrogen-bond acceptors (Lipinski definition) is 3. The molecule has 0 aliphatic rings. The molecule has 0 saturated heterocycles. The van der Waals surface area contributed by atoms with Crippen LogP contribution in [0.1, 0.15) is 11.1 Å². The number of hydrogen-bond donors (Lipinski definition) is 3. The van der Waals surface area contributed by atoms with E-state index in [4.69, 9.17) is 10.8 Å². The first-order chi connectivity index (χ1) is 9.86. The molecule has 2 aromatic rings. The van der Waals surface area contributed by atoms with Crippen LogP contribution in [0.15, 0.2) is 42.5 Å². The van der Waals surface area contributed by atoms with Crippen molar-refractivity contribution in [3.8, 4) is 5.75 Å². The molecule has 0 radical (unpaired) electrons. The highest BCUT2D eigenvalue weighted by Gasteiger charge is 2.30. The minimum atomic E-state index is -4.39. The Morgan fingerprint density at radius 3 is 2.29 bits per heavy atom. The summed E-state index contributed by atoms with van der Waals surface area (Å²) in [5.41, 5.74) is 6.41. The molecule has 0 fully saturated rings. The fourth-order valence-electron chi connectivity index (χ4n) is 1.90. The van der Waals surface area contributed by atoms with Crippen molar-refractivity contribution in [3.05, 3.63) is 53.6 Å². The van der Waals surface area contributed by atoms with Gasteiger partial charge in [-0.2, -0.15) is 13.2 Å². The molecule has 21 heavy (non-hydrogen) atoms. The van der Waals surface area contributed by atoms with Crippen LogP contribution in [0.25, 0.3) is 0 Å². The standard InChI is InChI=1S/C15H15F3N2O/c16-15(17,18)11-3-6-14(13(19)9-11)20-8-7-10-1-4-12(21)5-2-10/h1-6,9,20-21H,7-8,19H2. The minimum Gasteiger partial charge on any atom is -0.508 e. The number of phenols is 1. The normalized spacial score (nSPS) is 11.4. The molecule has 0 aromatic heterocycles. The number of anilines is 2. The second kappa shape index (κ2) is 5.95. The first kappa shape index (κ1) is 15.0. The Balaban J connectivity index is 1.96. The highest BCUT2D eigenvalue weighted by molar-refractivity contribution is 5.67. The number of alkyl halides is 3. The van der Waals surface area contributed by atoms with Crippen LogP contribution in [-0.2, 0) is 12.6 Å². The van der Waals surface area contributed by atoms with E-state index >= 15 is 0 Å². The SMILES string of the molecule is Nc1cc(C(F)(F)F)ccc1NCCc1ccc(O)cc1. The lowest BCUT2D eigenvalue weighted by Crippen LogP contribution is -2.09. The van der Waals surface area contributed by atoms with Gasteiger partial charge in [-0.15, -0.1) is 0 Å². The molecule has 0 unspecified atom stereocenters. The topological polar surface area (TPSA) is 58.3 Å². The maximum Gasteiger partial charge on any atom is 0.416 e. The molecule has 0 spiro atoms. The van der Waals surface area contributed by atoms with Crippen LogP contribution >= 0.6 is 0 Å². The number of nitrogens with two attached hydrogens (primary N) is 1. The van der Waals surface area contributed by atoms with Gasteiger partial charge in [0.25, 0.3) is 0 Å². The van der Waals surface area contributed by atoms with E-state index in [-0.39, 0.29) is 11.4 Å². The third kappa shape index (κ3) is 4.05. The maximum absolute atomic E-state index is 12.5. The van der Waals surface area contributed by atoms with Gasteiger partial charge in [0.2, 0.25) is 0 Å². The van der Waals surface area contributed by atoms with E-state index in [0.717, 1.165) is 17.7 Å². The largest absolute Gasteiger partial charge is 0.508 e. The number of benzene rings is 2. The van der Waals surface area contributed by atoms with Crippen molar-refractivity contribution in [2.24, 2.45) is 0 Å². The molecule has 6 heteroatoms. The van der Waals surface area contributed by atoms with Crippen molar-refractivity contribution < 1.29 is 18.3 Å². The molecule has 0 aliphatic carbocycles. The van der Waals surface area contributed by atoms with Crippen molar-refractivity contribution in [3.63, 3.8) is 0 Å². The van der Waals surface area contributed by atoms with Gasteiger partial charge in [0.15, 0.2) is 0 Å². The molecule has 0 heterocycles. The van der Waals surface area contributed by atoms with Crippen LogP contribution in [-0.4, -0.2) is 11.7 Å². The first-order valence-corrected chi connectivity index (χ1v) is 6.35. The van der Waals surface area contributed by atoms with Gasteiger partial charge < -0.3 is 16.2 Å². The second-order valence-electron chi connectivity index (χ2n) is 4.64. The fourth-order valence-corrected chi connectivity index (χ4v) is 1.90. The summed E-state index contributed by atoms with van der Waals surface area (Å²) in [4.78, 5) is 0. The number of aromatic hydroxyl groups is 1. The number of nitrogen functional groups attached to an aromatic ring is 1. The lowest BCUT2D eigenvalue weighted by molar-refractivity contribution is -0.137. The minimum absolute atomic E-state index is 0.0653. The zero-order valence-corrected chi connectivity index (χ0v) is 11.1. The number of rotatable bonds is 4. The van der Waals surface area contributed by atoms with Crippen LogP contribution in [0, 0.1) is 0 Å². The van der Waals surface area contributed by atoms with Gasteiger partial charge in [0.05, 0.1) is 16.9 Å². The Morgan fingerprint density at radius 2 is 1.71 bits per heavy atom. The molecular weight excluding hydrogens is 281 g/mol. The summed E-state index contributed by atoms with van der Waals surface area (Å²) in [6, 6.07) is 9.99. The zero-order valence-electron chi connectivity index (χ0n) is 11.1. The smallest absolute Gasteiger partial charge is 0.416 e. The highest BCUT2D eigenvalue weighted by Crippen LogP contribution is 2.32. The molecule has 0 aliphatic heterocycles. The molecule has 0 atom stereocenters. The van der Waals surface area contributed by atoms with Crippen LogP contribution in [0.2, 0.25) is 0 Å². The van der Waals surface area contributed by atoms with Crippen molar-refractivity contribution in [1.29, 1.82) is 0 Å². The average Bonchev–Trinajstić information content (AvgIpc) is 2.41. The lowest BCUT2D eigenvalue weighted by atomic mass is 10.1. The Hall–Kier alpha value is -2.37. The fraction of sp³-hybridized carbons (Fsp3) is 0.200. The first-order valence-electron chi connectivity index (χ1n) is 6.35. The predicted octanol–water partition coefficient (Wildman–Crippen LogP) is 3.65. The van der Waals surface area contributed by atoms with E-state index in [1.807, 2.05) is 0 Å². The molecule has 4 N–H and O–H groups in total. The predicted molar refractivity (Wildman–Crippen MR) is 76.2 cm³/mol. The van der Waals surface area contributed by atoms with E-state index in [0.29, 0.717) is 18.7 Å². The Bertz CT molecular complexity index is 609. The third-order valence-corrected chi connectivity index (χ3v) is 3.04. The molecule has 2 aromatic carbocycles. The van der Waals surface area contributed by atoms with Crippen LogP contribution in [0.3, 0.4) is 0 Å². The van der Waals surface area contributed by atoms with Crippen molar-refractivity contribution in [2.75, 3.05) is 17.6 Å². The Kier molecular flexibility index (Phi) is 4.26. The molecule has 112 valence electrons. The Morgan fingerprint density at radius 1 is 1.05 bits per heavy atom. The van der Waals surface area contributed by atoms with Crippen molar-refractivity contribution in [1.82, 2.24) is 0 Å². The molecule has 3 nitrogen and oxygen atoms in total. The van der Waals surface area contributed by atoms with Crippen molar-refractivity contribution in [2.45, 2.75) is 12.6 Å². The van der Waals surface area contributed by atoms with Gasteiger partial charge in [-0.3, -0.25) is 0 Å². The van der Waals surface area contributed by atoms with E-state index < -0.39 is 11.7 Å². The monoisotopic (exact) mass is 296 g/mol. The van der Waals surface area contributed by atoms with E-state index in [1.54, 1.807) is 24.3 Å². The summed E-state index contributed by atoms with van der Waals surface area (Å²) in [6.07, 6.45) is -3.72. The third-order valence-electron chi connectivity index (χ3n) is 3.04. The van der Waals surface area contributed by atoms with Crippen LogP contribution < -0.4 is 11.1 Å². The summed E-state index contributed by atoms with van der Waals surface area (Å²) in [6.45, 7) is 0.528. The molecule has 2 rings (SSSR count). The van der Waals surface area contributed by atoms with Gasteiger partial charge in [0, 0.05) is 6.54 Å². The second-order valence-corrected chi connectivity index (χ2v) is 4.64. The highest BCUT2D eigenvalue weighted by atomic mass is 19.4. The molecule has 0 amide bonds. The summed E-state index contributed by atoms with van der Waals surface area (Å²) >= 11 is 0. The summed E-state index contributed by atoms with van der Waals surface area (Å²) < 4.78 is 37.5. The summed E-state index contributed by atoms with van der Waals surface area (Å²) in [5, 5.41) is 12.2. The molecule has 0 saturated carbocycles. The van der Waals surface area contributed by atoms with E-state index in [9.17, 15) is 13.2 Å². The van der Waals surface area contributed by atoms with Crippen molar-refractivity contribution >= 4 is 11.4 Å². The summed E-state index contributed by atoms with van der Waals surface area (Å²) in [7, 11) is 0. The lowest BCUT2D eigenvalue weighted by Gasteiger charge is -2.12. The average molecular weight is 296 g/mol. The number of halogens is 3. The number of nitrogens with one attached hydrogen (secondary N) is 1. The van der Waals surface area contributed by atoms with Crippen LogP contribution in [0.4, 0.5) is 24.5 Å². The van der Waals surface area contributed by atoms with Gasteiger partial charge >= 0.3 is 6.18 Å². The van der Waals surface area contributed by atoms with Gasteiger partial charge in [-0.1, -0.05) is 12.1 Å². The Labute approximate surface area is 120 Å². The van der Waals surface area contributed by atoms with Gasteiger partial charge in [-0.25, -0.2) is 0 Å². The molecular formula is C15H15F3N2O. The van der Waals surface area contributed by atoms with E-state index in [1.165, 1.54) is 6.07 Å². The zero-order chi connectivity index (χ0) is 15.5. The summed E-state index contributed by atoms with van der Waals surface area (Å²) in [5.74, 6) is 0.193. The van der Waals surface area contributed by atoms with Gasteiger partial charge in [0.1, 0.15) is 5.75 Å². The van der Waals surface area contributed by atoms with Gasteiger partial charge in [-0.05, 0) is 42.3 Å². The van der Waals surface area contributed by atoms with Crippen LogP contribution in [0.5, 0.6) is 5.75 Å². The number of phenolic OH excluding ortho intramolecular Hbond substituents is 1.